The number of aromatic nitrogens is 2. The van der Waals surface area contributed by atoms with Gasteiger partial charge in [-0.1, -0.05) is 18.2 Å². The Labute approximate surface area is 159 Å². The van der Waals surface area contributed by atoms with Gasteiger partial charge in [-0.15, -0.1) is 12.4 Å². The molecule has 4 rings (SSSR count). The molecule has 2 aliphatic rings. The zero-order valence-corrected chi connectivity index (χ0v) is 15.7. The van der Waals surface area contributed by atoms with E-state index in [-0.39, 0.29) is 18.3 Å². The maximum Gasteiger partial charge on any atom is 0.278 e. The normalized spacial score (nSPS) is 22.3. The molecule has 2 saturated heterocycles. The number of carbonyl (C=O) groups excluding carboxylic acids is 1. The summed E-state index contributed by atoms with van der Waals surface area (Å²) in [7, 11) is 1.58. The van der Waals surface area contributed by atoms with Crippen LogP contribution in [-0.4, -0.2) is 53.9 Å². The lowest BCUT2D eigenvalue weighted by atomic mass is 9.92. The molecule has 2 atom stereocenters. The van der Waals surface area contributed by atoms with Crippen LogP contribution in [0.1, 0.15) is 23.3 Å². The fraction of sp³-hybridized carbons (Fsp3) is 0.474. The number of hydrogen-bond acceptors (Lipinski definition) is 4. The Morgan fingerprint density at radius 2 is 1.81 bits per heavy atom. The van der Waals surface area contributed by atoms with Gasteiger partial charge in [0.1, 0.15) is 0 Å². The minimum absolute atomic E-state index is 0. The first-order valence-corrected chi connectivity index (χ1v) is 8.95. The van der Waals surface area contributed by atoms with Crippen molar-refractivity contribution in [1.29, 1.82) is 0 Å². The highest BCUT2D eigenvalue weighted by Gasteiger charge is 2.33. The van der Waals surface area contributed by atoms with Crippen molar-refractivity contribution in [2.45, 2.75) is 12.8 Å². The zero-order valence-electron chi connectivity index (χ0n) is 14.9. The molecule has 2 fully saturated rings. The quantitative estimate of drug-likeness (QED) is 0.893. The van der Waals surface area contributed by atoms with E-state index in [1.807, 2.05) is 35.2 Å². The number of para-hydroxylation sites is 1. The summed E-state index contributed by atoms with van der Waals surface area (Å²) in [4.78, 5) is 15.0. The van der Waals surface area contributed by atoms with Gasteiger partial charge in [-0.05, 0) is 49.9 Å². The minimum Gasteiger partial charge on any atom is -0.493 e. The number of nitrogens with one attached hydrogen (secondary N) is 1. The molecule has 2 aromatic rings. The van der Waals surface area contributed by atoms with Crippen molar-refractivity contribution in [3.63, 3.8) is 0 Å². The molecular formula is C19H25ClN4O2. The van der Waals surface area contributed by atoms with Crippen molar-refractivity contribution in [1.82, 2.24) is 20.0 Å². The summed E-state index contributed by atoms with van der Waals surface area (Å²) in [5.41, 5.74) is 1.31. The first kappa shape index (κ1) is 18.7. The molecule has 1 aromatic carbocycles. The first-order valence-electron chi connectivity index (χ1n) is 8.95. The van der Waals surface area contributed by atoms with Crippen molar-refractivity contribution < 1.29 is 9.53 Å². The summed E-state index contributed by atoms with van der Waals surface area (Å²) in [6, 6.07) is 9.78. The maximum atomic E-state index is 13.1. The average molecular weight is 377 g/mol. The minimum atomic E-state index is -0.0283. The van der Waals surface area contributed by atoms with Gasteiger partial charge >= 0.3 is 0 Å². The fourth-order valence-corrected chi connectivity index (χ4v) is 3.94. The topological polar surface area (TPSA) is 59.4 Å². The molecule has 0 spiro atoms. The van der Waals surface area contributed by atoms with Crippen LogP contribution < -0.4 is 10.1 Å². The smallest absolute Gasteiger partial charge is 0.278 e. The van der Waals surface area contributed by atoms with Crippen molar-refractivity contribution >= 4 is 18.3 Å². The van der Waals surface area contributed by atoms with E-state index in [1.54, 1.807) is 18.0 Å². The van der Waals surface area contributed by atoms with Gasteiger partial charge in [0, 0.05) is 13.1 Å². The largest absolute Gasteiger partial charge is 0.493 e. The third-order valence-corrected chi connectivity index (χ3v) is 5.43. The SMILES string of the molecule is COc1cn(-c2ccccc2)nc1C(=O)N1CC[C@@H]2CNC[C@@H]2CC1.Cl. The van der Waals surface area contributed by atoms with Gasteiger partial charge in [0.2, 0.25) is 0 Å². The van der Waals surface area contributed by atoms with Crippen molar-refractivity contribution in [2.24, 2.45) is 11.8 Å². The predicted molar refractivity (Wildman–Crippen MR) is 102 cm³/mol. The summed E-state index contributed by atoms with van der Waals surface area (Å²) in [5.74, 6) is 1.89. The van der Waals surface area contributed by atoms with Crippen LogP contribution in [0.5, 0.6) is 5.75 Å². The first-order chi connectivity index (χ1) is 12.3. The molecule has 26 heavy (non-hydrogen) atoms. The number of rotatable bonds is 3. The van der Waals surface area contributed by atoms with Gasteiger partial charge < -0.3 is 15.0 Å². The molecule has 2 aliphatic heterocycles. The van der Waals surface area contributed by atoms with Crippen LogP contribution in [0.4, 0.5) is 0 Å². The molecule has 0 aliphatic carbocycles. The predicted octanol–water partition coefficient (Wildman–Crippen LogP) is 2.37. The monoisotopic (exact) mass is 376 g/mol. The number of ether oxygens (including phenoxy) is 1. The third-order valence-electron chi connectivity index (χ3n) is 5.43. The summed E-state index contributed by atoms with van der Waals surface area (Å²) >= 11 is 0. The number of methoxy groups -OCH3 is 1. The number of hydrogen-bond donors (Lipinski definition) is 1. The summed E-state index contributed by atoms with van der Waals surface area (Å²) < 4.78 is 7.14. The average Bonchev–Trinajstić information content (AvgIpc) is 3.24. The summed E-state index contributed by atoms with van der Waals surface area (Å²) in [5, 5.41) is 7.99. The van der Waals surface area contributed by atoms with Crippen LogP contribution >= 0.6 is 12.4 Å². The van der Waals surface area contributed by atoms with Gasteiger partial charge in [0.15, 0.2) is 11.4 Å². The Bertz CT molecular complexity index is 735. The molecule has 1 aromatic heterocycles. The molecule has 1 amide bonds. The van der Waals surface area contributed by atoms with Crippen molar-refractivity contribution in [3.05, 3.63) is 42.2 Å². The second-order valence-corrected chi connectivity index (χ2v) is 6.87. The lowest BCUT2D eigenvalue weighted by molar-refractivity contribution is 0.0749. The van der Waals surface area contributed by atoms with Gasteiger partial charge in [0.05, 0.1) is 19.0 Å². The number of likely N-dealkylation sites (tertiary alicyclic amines) is 1. The lowest BCUT2D eigenvalue weighted by Crippen LogP contribution is -2.33. The molecule has 3 heterocycles. The number of nitrogens with zero attached hydrogens (tertiary/aromatic N) is 3. The van der Waals surface area contributed by atoms with Crippen LogP contribution in [0.15, 0.2) is 36.5 Å². The molecular weight excluding hydrogens is 352 g/mol. The third kappa shape index (κ3) is 3.57. The Kier molecular flexibility index (Phi) is 5.84. The Balaban J connectivity index is 0.00000196. The van der Waals surface area contributed by atoms with Gasteiger partial charge in [-0.25, -0.2) is 4.68 Å². The Hall–Kier alpha value is -2.05. The maximum absolute atomic E-state index is 13.1. The second kappa shape index (κ2) is 8.10. The molecule has 0 saturated carbocycles. The Morgan fingerprint density at radius 1 is 1.15 bits per heavy atom. The highest BCUT2D eigenvalue weighted by Crippen LogP contribution is 2.29. The highest BCUT2D eigenvalue weighted by molar-refractivity contribution is 5.95. The molecule has 0 radical (unpaired) electrons. The number of amides is 1. The van der Waals surface area contributed by atoms with Crippen LogP contribution in [0.3, 0.4) is 0 Å². The summed E-state index contributed by atoms with van der Waals surface area (Å²) in [6.45, 7) is 3.75. The number of fused-ring (bicyclic) bond motifs is 1. The molecule has 140 valence electrons. The van der Waals surface area contributed by atoms with Crippen molar-refractivity contribution in [3.8, 4) is 11.4 Å². The molecule has 0 bridgehead atoms. The zero-order chi connectivity index (χ0) is 17.2. The van der Waals surface area contributed by atoms with E-state index in [0.717, 1.165) is 44.7 Å². The van der Waals surface area contributed by atoms with E-state index in [1.165, 1.54) is 0 Å². The van der Waals surface area contributed by atoms with Gasteiger partial charge in [-0.3, -0.25) is 4.79 Å². The molecule has 7 heteroatoms. The van der Waals surface area contributed by atoms with E-state index in [2.05, 4.69) is 10.4 Å². The second-order valence-electron chi connectivity index (χ2n) is 6.87. The van der Waals surface area contributed by atoms with Gasteiger partial charge in [0.25, 0.3) is 5.91 Å². The number of carbonyl (C=O) groups is 1. The standard InChI is InChI=1S/C19H24N4O2.ClH/c1-25-17-13-23(16-5-3-2-4-6-16)21-18(17)19(24)22-9-7-14-11-20-12-15(14)8-10-22;/h2-6,13-15,20H,7-12H2,1H3;1H/t14-,15+;. The lowest BCUT2D eigenvalue weighted by Gasteiger charge is -2.20. The van der Waals surface area contributed by atoms with Crippen LogP contribution in [0, 0.1) is 11.8 Å². The van der Waals surface area contributed by atoms with E-state index < -0.39 is 0 Å². The fourth-order valence-electron chi connectivity index (χ4n) is 3.94. The number of halogens is 1. The van der Waals surface area contributed by atoms with E-state index in [9.17, 15) is 4.79 Å². The Morgan fingerprint density at radius 3 is 2.42 bits per heavy atom. The highest BCUT2D eigenvalue weighted by atomic mass is 35.5. The van der Waals surface area contributed by atoms with Gasteiger partial charge in [-0.2, -0.15) is 5.10 Å². The van der Waals surface area contributed by atoms with Crippen LogP contribution in [0.2, 0.25) is 0 Å². The number of benzene rings is 1. The van der Waals surface area contributed by atoms with Crippen LogP contribution in [-0.2, 0) is 0 Å². The molecule has 0 unspecified atom stereocenters. The molecule has 6 nitrogen and oxygen atoms in total. The van der Waals surface area contributed by atoms with Crippen molar-refractivity contribution in [2.75, 3.05) is 33.3 Å². The molecule has 1 N–H and O–H groups in total. The van der Waals surface area contributed by atoms with E-state index in [0.29, 0.717) is 23.3 Å². The van der Waals surface area contributed by atoms with E-state index in [4.69, 9.17) is 4.74 Å². The van der Waals surface area contributed by atoms with E-state index >= 15 is 0 Å². The summed E-state index contributed by atoms with van der Waals surface area (Å²) in [6.07, 6.45) is 3.90. The van der Waals surface area contributed by atoms with Crippen LogP contribution in [0.25, 0.3) is 5.69 Å².